The van der Waals surface area contributed by atoms with Gasteiger partial charge in [0.1, 0.15) is 6.04 Å². The number of nitrogens with zero attached hydrogens (tertiary/aromatic N) is 1. The van der Waals surface area contributed by atoms with E-state index < -0.39 is 0 Å². The number of carbonyl (C=O) groups is 1. The molecule has 1 saturated carbocycles. The Morgan fingerprint density at radius 3 is 2.91 bits per heavy atom. The molecular formula is C16H21N4O2+. The molecule has 3 rings (SSSR count). The summed E-state index contributed by atoms with van der Waals surface area (Å²) in [6, 6.07) is 7.58. The average molecular weight is 301 g/mol. The van der Waals surface area contributed by atoms with Crippen molar-refractivity contribution in [3.8, 4) is 0 Å². The molecule has 1 aliphatic carbocycles. The number of hydrogen-bond acceptors (Lipinski definition) is 3. The normalized spacial score (nSPS) is 17.2. The van der Waals surface area contributed by atoms with E-state index in [9.17, 15) is 9.59 Å². The highest BCUT2D eigenvalue weighted by Crippen LogP contribution is 2.18. The van der Waals surface area contributed by atoms with Crippen molar-refractivity contribution in [3.63, 3.8) is 0 Å². The third-order valence-corrected chi connectivity index (χ3v) is 4.16. The Morgan fingerprint density at radius 2 is 2.18 bits per heavy atom. The second-order valence-electron chi connectivity index (χ2n) is 6.05. The van der Waals surface area contributed by atoms with Gasteiger partial charge in [-0.2, -0.15) is 0 Å². The summed E-state index contributed by atoms with van der Waals surface area (Å²) < 4.78 is 0. The molecule has 1 aromatic heterocycles. The first-order valence-corrected chi connectivity index (χ1v) is 7.65. The number of H-pyrrole nitrogens is 1. The summed E-state index contributed by atoms with van der Waals surface area (Å²) >= 11 is 0. The van der Waals surface area contributed by atoms with Crippen molar-refractivity contribution in [1.82, 2.24) is 15.3 Å². The minimum atomic E-state index is -0.136. The molecule has 6 heteroatoms. The van der Waals surface area contributed by atoms with Crippen molar-refractivity contribution >= 4 is 16.8 Å². The standard InChI is InChI=1S/C16H20N4O2/c1-10(20(2)9-14(21)17-11-7-8-11)15-18-13-6-4-3-5-12(13)16(22)19-15/h3-6,10-11H,7-9H2,1-2H3,(H,17,21)(H,18,19,22)/p+1/t10-/m1/s1. The summed E-state index contributed by atoms with van der Waals surface area (Å²) in [6.07, 6.45) is 2.17. The van der Waals surface area contributed by atoms with Crippen LogP contribution < -0.4 is 15.8 Å². The van der Waals surface area contributed by atoms with Crippen molar-refractivity contribution in [1.29, 1.82) is 0 Å². The SMILES string of the molecule is C[C@H](c1nc2ccccc2c(=O)[nH]1)[NH+](C)CC(=O)NC1CC1. The minimum absolute atomic E-state index is 0.0509. The van der Waals surface area contributed by atoms with E-state index >= 15 is 0 Å². The Kier molecular flexibility index (Phi) is 3.94. The summed E-state index contributed by atoms with van der Waals surface area (Å²) in [5.41, 5.74) is 0.547. The molecule has 2 atom stereocenters. The average Bonchev–Trinajstić information content (AvgIpc) is 3.30. The number of rotatable bonds is 5. The topological polar surface area (TPSA) is 79.3 Å². The van der Waals surface area contributed by atoms with E-state index in [-0.39, 0.29) is 17.5 Å². The first-order valence-electron chi connectivity index (χ1n) is 7.65. The molecule has 1 aromatic carbocycles. The number of benzene rings is 1. The highest BCUT2D eigenvalue weighted by atomic mass is 16.2. The molecule has 22 heavy (non-hydrogen) atoms. The van der Waals surface area contributed by atoms with Crippen LogP contribution in [0.15, 0.2) is 29.1 Å². The van der Waals surface area contributed by atoms with Crippen molar-refractivity contribution in [2.75, 3.05) is 13.6 Å². The molecule has 0 bridgehead atoms. The van der Waals surface area contributed by atoms with Gasteiger partial charge in [-0.3, -0.25) is 9.59 Å². The summed E-state index contributed by atoms with van der Waals surface area (Å²) in [7, 11) is 1.94. The van der Waals surface area contributed by atoms with E-state index in [1.807, 2.05) is 32.2 Å². The third kappa shape index (κ3) is 3.17. The Hall–Kier alpha value is -2.21. The van der Waals surface area contributed by atoms with E-state index in [0.29, 0.717) is 29.3 Å². The number of carbonyl (C=O) groups excluding carboxylic acids is 1. The fourth-order valence-electron chi connectivity index (χ4n) is 2.46. The number of quaternary nitrogens is 1. The van der Waals surface area contributed by atoms with Gasteiger partial charge in [0.25, 0.3) is 11.5 Å². The lowest BCUT2D eigenvalue weighted by molar-refractivity contribution is -0.903. The maximum Gasteiger partial charge on any atom is 0.275 e. The van der Waals surface area contributed by atoms with Gasteiger partial charge in [-0.05, 0) is 31.9 Å². The van der Waals surface area contributed by atoms with Gasteiger partial charge in [0.05, 0.1) is 18.0 Å². The van der Waals surface area contributed by atoms with E-state index in [2.05, 4.69) is 15.3 Å². The fourth-order valence-corrected chi connectivity index (χ4v) is 2.46. The van der Waals surface area contributed by atoms with Gasteiger partial charge in [-0.25, -0.2) is 4.98 Å². The number of para-hydroxylation sites is 1. The van der Waals surface area contributed by atoms with Crippen molar-refractivity contribution in [2.45, 2.75) is 31.8 Å². The molecule has 2 aromatic rings. The van der Waals surface area contributed by atoms with Crippen LogP contribution in [0.5, 0.6) is 0 Å². The zero-order chi connectivity index (χ0) is 15.7. The van der Waals surface area contributed by atoms with Gasteiger partial charge >= 0.3 is 0 Å². The van der Waals surface area contributed by atoms with E-state index in [1.54, 1.807) is 6.07 Å². The van der Waals surface area contributed by atoms with Crippen molar-refractivity contribution in [2.24, 2.45) is 0 Å². The largest absolute Gasteiger partial charge is 0.348 e. The number of likely N-dealkylation sites (N-methyl/N-ethyl adjacent to an activating group) is 1. The molecule has 0 spiro atoms. The molecule has 3 N–H and O–H groups in total. The summed E-state index contributed by atoms with van der Waals surface area (Å²) in [5, 5.41) is 3.57. The molecule has 116 valence electrons. The second kappa shape index (κ2) is 5.88. The first kappa shape index (κ1) is 14.7. The Morgan fingerprint density at radius 1 is 1.45 bits per heavy atom. The summed E-state index contributed by atoms with van der Waals surface area (Å²) in [4.78, 5) is 32.4. The lowest BCUT2D eigenvalue weighted by Crippen LogP contribution is -3.10. The second-order valence-corrected chi connectivity index (χ2v) is 6.05. The van der Waals surface area contributed by atoms with E-state index in [1.165, 1.54) is 0 Å². The van der Waals surface area contributed by atoms with E-state index in [4.69, 9.17) is 0 Å². The van der Waals surface area contributed by atoms with Crippen LogP contribution in [0.2, 0.25) is 0 Å². The van der Waals surface area contributed by atoms with Gasteiger partial charge in [0.2, 0.25) is 0 Å². The van der Waals surface area contributed by atoms with Crippen LogP contribution in [0.3, 0.4) is 0 Å². The third-order valence-electron chi connectivity index (χ3n) is 4.16. The lowest BCUT2D eigenvalue weighted by Gasteiger charge is -2.20. The van der Waals surface area contributed by atoms with Crippen molar-refractivity contribution < 1.29 is 9.69 Å². The predicted octanol–water partition coefficient (Wildman–Crippen LogP) is -0.223. The highest BCUT2D eigenvalue weighted by Gasteiger charge is 2.26. The van der Waals surface area contributed by atoms with Crippen LogP contribution in [0.1, 0.15) is 31.6 Å². The Bertz CT molecular complexity index is 751. The van der Waals surface area contributed by atoms with Gasteiger partial charge in [0.15, 0.2) is 12.4 Å². The van der Waals surface area contributed by atoms with Crippen LogP contribution >= 0.6 is 0 Å². The molecule has 0 aliphatic heterocycles. The quantitative estimate of drug-likeness (QED) is 0.714. The number of fused-ring (bicyclic) bond motifs is 1. The van der Waals surface area contributed by atoms with Gasteiger partial charge in [-0.1, -0.05) is 12.1 Å². The van der Waals surface area contributed by atoms with Gasteiger partial charge in [-0.15, -0.1) is 0 Å². The maximum atomic E-state index is 12.1. The lowest BCUT2D eigenvalue weighted by atomic mass is 10.2. The zero-order valence-electron chi connectivity index (χ0n) is 12.8. The molecule has 1 unspecified atom stereocenters. The number of aromatic amines is 1. The molecule has 6 nitrogen and oxygen atoms in total. The van der Waals surface area contributed by atoms with Crippen molar-refractivity contribution in [3.05, 3.63) is 40.4 Å². The van der Waals surface area contributed by atoms with Crippen LogP contribution in [0, 0.1) is 0 Å². The predicted molar refractivity (Wildman–Crippen MR) is 83.7 cm³/mol. The van der Waals surface area contributed by atoms with E-state index in [0.717, 1.165) is 17.7 Å². The Labute approximate surface area is 128 Å². The smallest absolute Gasteiger partial charge is 0.275 e. The monoisotopic (exact) mass is 301 g/mol. The summed E-state index contributed by atoms with van der Waals surface area (Å²) in [5.74, 6) is 0.662. The van der Waals surface area contributed by atoms with Crippen LogP contribution in [0.25, 0.3) is 10.9 Å². The number of nitrogens with one attached hydrogen (secondary N) is 3. The zero-order valence-corrected chi connectivity index (χ0v) is 12.8. The number of amides is 1. The molecule has 0 radical (unpaired) electrons. The number of hydrogen-bond donors (Lipinski definition) is 3. The van der Waals surface area contributed by atoms with Crippen LogP contribution in [-0.2, 0) is 4.79 Å². The van der Waals surface area contributed by atoms with Crippen LogP contribution in [-0.4, -0.2) is 35.5 Å². The summed E-state index contributed by atoms with van der Waals surface area (Å²) in [6.45, 7) is 2.33. The molecule has 1 aliphatic rings. The minimum Gasteiger partial charge on any atom is -0.348 e. The van der Waals surface area contributed by atoms with Gasteiger partial charge in [0, 0.05) is 6.04 Å². The maximum absolute atomic E-state index is 12.1. The molecule has 1 fully saturated rings. The highest BCUT2D eigenvalue weighted by molar-refractivity contribution is 5.78. The fraction of sp³-hybridized carbons (Fsp3) is 0.438. The molecule has 0 saturated heterocycles. The van der Waals surface area contributed by atoms with Crippen LogP contribution in [0.4, 0.5) is 0 Å². The molecular weight excluding hydrogens is 280 g/mol. The molecule has 1 amide bonds. The molecule has 1 heterocycles. The van der Waals surface area contributed by atoms with Gasteiger partial charge < -0.3 is 15.2 Å². The first-order chi connectivity index (χ1) is 10.5. The Balaban J connectivity index is 1.77. The number of aromatic nitrogens is 2.